The Morgan fingerprint density at radius 1 is 0.947 bits per heavy atom. The monoisotopic (exact) mass is 265 g/mol. The molecule has 0 atom stereocenters. The molecule has 3 saturated heterocycles. The first-order chi connectivity index (χ1) is 9.19. The molecule has 0 aromatic heterocycles. The molecule has 104 valence electrons. The molecule has 0 spiro atoms. The van der Waals surface area contributed by atoms with Crippen LogP contribution < -0.4 is 0 Å². The Bertz CT molecular complexity index is 427. The van der Waals surface area contributed by atoms with Crippen molar-refractivity contribution in [3.05, 3.63) is 0 Å². The molecular formula is C13H25N6+3. The molecule has 3 rings (SSSR count). The van der Waals surface area contributed by atoms with E-state index < -0.39 is 0 Å². The summed E-state index contributed by atoms with van der Waals surface area (Å²) in [5.74, 6) is 0. The van der Waals surface area contributed by atoms with Gasteiger partial charge in [-0.05, 0) is 7.05 Å². The van der Waals surface area contributed by atoms with Crippen LogP contribution in [-0.2, 0) is 0 Å². The average molecular weight is 265 g/mol. The minimum atomic E-state index is 0.955. The Hall–Kier alpha value is -1.43. The molecular weight excluding hydrogens is 240 g/mol. The number of nitrogens with zero attached hydrogens (tertiary/aromatic N) is 6. The summed E-state index contributed by atoms with van der Waals surface area (Å²) in [6, 6.07) is 0. The maximum atomic E-state index is 3.98. The molecule has 3 heterocycles. The third-order valence-electron chi connectivity index (χ3n) is 3.97. The molecule has 0 radical (unpaired) electrons. The van der Waals surface area contributed by atoms with E-state index in [1.165, 1.54) is 6.54 Å². The summed E-state index contributed by atoms with van der Waals surface area (Å²) in [5, 5.41) is 0. The van der Waals surface area contributed by atoms with Gasteiger partial charge in [-0.1, -0.05) is 0 Å². The summed E-state index contributed by atoms with van der Waals surface area (Å²) in [4.78, 5) is 7.15. The number of hydrogen-bond donors (Lipinski definition) is 0. The fourth-order valence-electron chi connectivity index (χ4n) is 2.89. The van der Waals surface area contributed by atoms with Gasteiger partial charge < -0.3 is 0 Å². The lowest BCUT2D eigenvalue weighted by molar-refractivity contribution is -0.648. The topological polar surface area (TPSA) is 18.8 Å². The first-order valence-corrected chi connectivity index (χ1v) is 7.09. The van der Waals surface area contributed by atoms with Crippen molar-refractivity contribution in [2.24, 2.45) is 0 Å². The van der Waals surface area contributed by atoms with Gasteiger partial charge in [-0.25, -0.2) is 18.6 Å². The zero-order valence-electron chi connectivity index (χ0n) is 11.9. The van der Waals surface area contributed by atoms with Gasteiger partial charge in [-0.3, -0.25) is 9.80 Å². The molecule has 0 aliphatic carbocycles. The third-order valence-corrected chi connectivity index (χ3v) is 3.97. The Morgan fingerprint density at radius 2 is 1.79 bits per heavy atom. The smallest absolute Gasteiger partial charge is 0.267 e. The van der Waals surface area contributed by atoms with Crippen LogP contribution in [0, 0.1) is 0 Å². The molecule has 0 unspecified atom stereocenters. The SMILES string of the molecule is C=[N+]1CC[N+](=CN2CC[N+](=CN3CCN(C)C3)C2)C1. The van der Waals surface area contributed by atoms with E-state index >= 15 is 0 Å². The van der Waals surface area contributed by atoms with Crippen molar-refractivity contribution in [1.29, 1.82) is 0 Å². The van der Waals surface area contributed by atoms with Crippen LogP contribution in [0.1, 0.15) is 0 Å². The summed E-state index contributed by atoms with van der Waals surface area (Å²) in [5.41, 5.74) is 0. The van der Waals surface area contributed by atoms with Crippen molar-refractivity contribution in [2.45, 2.75) is 0 Å². The fourth-order valence-corrected chi connectivity index (χ4v) is 2.89. The Labute approximate surface area is 115 Å². The van der Waals surface area contributed by atoms with Gasteiger partial charge in [0, 0.05) is 6.54 Å². The van der Waals surface area contributed by atoms with Gasteiger partial charge in [-0.2, -0.15) is 0 Å². The molecule has 0 bridgehead atoms. The molecule has 6 nitrogen and oxygen atoms in total. The van der Waals surface area contributed by atoms with Crippen molar-refractivity contribution >= 4 is 19.4 Å². The van der Waals surface area contributed by atoms with E-state index in [-0.39, 0.29) is 0 Å². The van der Waals surface area contributed by atoms with Crippen molar-refractivity contribution in [1.82, 2.24) is 14.7 Å². The normalized spacial score (nSPS) is 29.4. The first kappa shape index (κ1) is 12.6. The Kier molecular flexibility index (Phi) is 3.50. The van der Waals surface area contributed by atoms with Crippen LogP contribution in [0.5, 0.6) is 0 Å². The first-order valence-electron chi connectivity index (χ1n) is 7.09. The molecule has 0 aromatic rings. The van der Waals surface area contributed by atoms with E-state index in [0.717, 1.165) is 52.7 Å². The highest BCUT2D eigenvalue weighted by molar-refractivity contribution is 5.51. The summed E-state index contributed by atoms with van der Waals surface area (Å²) in [6.45, 7) is 13.7. The summed E-state index contributed by atoms with van der Waals surface area (Å²) in [6.07, 6.45) is 4.57. The summed E-state index contributed by atoms with van der Waals surface area (Å²) >= 11 is 0. The van der Waals surface area contributed by atoms with Gasteiger partial charge in [0.1, 0.15) is 33.0 Å². The second-order valence-corrected chi connectivity index (χ2v) is 5.88. The lowest BCUT2D eigenvalue weighted by Gasteiger charge is -2.06. The van der Waals surface area contributed by atoms with E-state index in [4.69, 9.17) is 0 Å². The molecule has 6 heteroatoms. The van der Waals surface area contributed by atoms with Crippen LogP contribution >= 0.6 is 0 Å². The lowest BCUT2D eigenvalue weighted by Crippen LogP contribution is -2.29. The Balaban J connectivity index is 1.55. The molecule has 3 fully saturated rings. The van der Waals surface area contributed by atoms with Crippen molar-refractivity contribution < 1.29 is 13.7 Å². The molecule has 19 heavy (non-hydrogen) atoms. The summed E-state index contributed by atoms with van der Waals surface area (Å²) < 4.78 is 6.87. The highest BCUT2D eigenvalue weighted by Gasteiger charge is 2.28. The van der Waals surface area contributed by atoms with Gasteiger partial charge in [0.05, 0.1) is 6.54 Å². The largest absolute Gasteiger partial charge is 0.279 e. The highest BCUT2D eigenvalue weighted by Crippen LogP contribution is 2.01. The van der Waals surface area contributed by atoms with Crippen LogP contribution in [0.15, 0.2) is 0 Å². The second-order valence-electron chi connectivity index (χ2n) is 5.88. The van der Waals surface area contributed by atoms with E-state index in [1.54, 1.807) is 0 Å². The zero-order valence-corrected chi connectivity index (χ0v) is 11.9. The van der Waals surface area contributed by atoms with Crippen LogP contribution in [-0.4, -0.2) is 114 Å². The number of hydrogen-bond acceptors (Lipinski definition) is 1. The molecule has 0 aromatic carbocycles. The average Bonchev–Trinajstić information content (AvgIpc) is 3.05. The summed E-state index contributed by atoms with van der Waals surface area (Å²) in [7, 11) is 2.18. The molecule has 0 N–H and O–H groups in total. The predicted molar refractivity (Wildman–Crippen MR) is 75.3 cm³/mol. The van der Waals surface area contributed by atoms with E-state index in [0.29, 0.717) is 0 Å². The fraction of sp³-hybridized carbons (Fsp3) is 0.769. The number of likely N-dealkylation sites (N-methyl/N-ethyl adjacent to an activating group) is 1. The van der Waals surface area contributed by atoms with Gasteiger partial charge in [-0.15, -0.1) is 0 Å². The van der Waals surface area contributed by atoms with Gasteiger partial charge >= 0.3 is 0 Å². The maximum absolute atomic E-state index is 3.98. The standard InChI is InChI=1S/C13H25N6/c1-14-3-5-16(9-14)11-18-7-8-19(13-18)12-17-6-4-15(2)10-17/h11-12H,1,3-10,13H2,2H3/q+3. The Morgan fingerprint density at radius 3 is 2.47 bits per heavy atom. The molecule has 3 aliphatic rings. The van der Waals surface area contributed by atoms with Crippen LogP contribution in [0.2, 0.25) is 0 Å². The third kappa shape index (κ3) is 3.12. The molecule has 0 amide bonds. The molecule has 0 saturated carbocycles. The van der Waals surface area contributed by atoms with E-state index in [1.807, 2.05) is 0 Å². The highest BCUT2D eigenvalue weighted by atomic mass is 15.4. The van der Waals surface area contributed by atoms with Crippen molar-refractivity contribution in [3.8, 4) is 0 Å². The van der Waals surface area contributed by atoms with Gasteiger partial charge in [0.15, 0.2) is 6.54 Å². The van der Waals surface area contributed by atoms with Crippen LogP contribution in [0.3, 0.4) is 0 Å². The van der Waals surface area contributed by atoms with Crippen molar-refractivity contribution in [3.63, 3.8) is 0 Å². The lowest BCUT2D eigenvalue weighted by atomic mass is 10.6. The van der Waals surface area contributed by atoms with Crippen molar-refractivity contribution in [2.75, 3.05) is 66.3 Å². The minimum absolute atomic E-state index is 0.955. The quantitative estimate of drug-likeness (QED) is 0.435. The van der Waals surface area contributed by atoms with E-state index in [9.17, 15) is 0 Å². The van der Waals surface area contributed by atoms with Gasteiger partial charge in [0.2, 0.25) is 19.3 Å². The zero-order chi connectivity index (χ0) is 13.2. The molecule has 3 aliphatic heterocycles. The maximum Gasteiger partial charge on any atom is 0.279 e. The minimum Gasteiger partial charge on any atom is -0.267 e. The van der Waals surface area contributed by atoms with Crippen LogP contribution in [0.4, 0.5) is 0 Å². The van der Waals surface area contributed by atoms with Crippen LogP contribution in [0.25, 0.3) is 0 Å². The predicted octanol–water partition coefficient (Wildman–Crippen LogP) is -1.77. The second kappa shape index (κ2) is 5.28. The van der Waals surface area contributed by atoms with Gasteiger partial charge in [0.25, 0.3) is 6.67 Å². The van der Waals surface area contributed by atoms with E-state index in [2.05, 4.69) is 54.9 Å². The number of rotatable bonds is 2.